The average Bonchev–Trinajstić information content (AvgIpc) is 3.10. The second kappa shape index (κ2) is 8.23. The van der Waals surface area contributed by atoms with Crippen LogP contribution in [0.15, 0.2) is 30.6 Å². The van der Waals surface area contributed by atoms with Gasteiger partial charge in [0.2, 0.25) is 0 Å². The lowest BCUT2D eigenvalue weighted by atomic mass is 9.89. The summed E-state index contributed by atoms with van der Waals surface area (Å²) >= 11 is 6.09. The molecular formula is C20H26ClN3O2. The Hall–Kier alpha value is -1.85. The van der Waals surface area contributed by atoms with Crippen molar-refractivity contribution in [1.29, 1.82) is 0 Å². The highest BCUT2D eigenvalue weighted by Crippen LogP contribution is 2.29. The van der Waals surface area contributed by atoms with Crippen molar-refractivity contribution in [3.8, 4) is 5.75 Å². The number of carbonyl (C=O) groups excluding carboxylic acids is 1. The fourth-order valence-corrected chi connectivity index (χ4v) is 3.68. The average molecular weight is 376 g/mol. The van der Waals surface area contributed by atoms with E-state index in [1.807, 2.05) is 10.9 Å². The molecule has 5 nitrogen and oxygen atoms in total. The van der Waals surface area contributed by atoms with Gasteiger partial charge in [-0.3, -0.25) is 14.4 Å². The predicted octanol–water partition coefficient (Wildman–Crippen LogP) is 4.22. The zero-order chi connectivity index (χ0) is 18.7. The maximum absolute atomic E-state index is 13.0. The van der Waals surface area contributed by atoms with Gasteiger partial charge in [-0.05, 0) is 51.4 Å². The summed E-state index contributed by atoms with van der Waals surface area (Å²) in [6.07, 6.45) is 5.93. The first-order valence-electron chi connectivity index (χ1n) is 9.11. The third-order valence-corrected chi connectivity index (χ3v) is 5.13. The van der Waals surface area contributed by atoms with Crippen LogP contribution in [0.5, 0.6) is 5.75 Å². The Balaban J connectivity index is 1.69. The molecule has 0 N–H and O–H groups in total. The molecule has 3 rings (SSSR count). The van der Waals surface area contributed by atoms with Crippen molar-refractivity contribution in [3.05, 3.63) is 46.7 Å². The number of likely N-dealkylation sites (tertiary alicyclic amines) is 1. The van der Waals surface area contributed by atoms with Crippen LogP contribution in [0.3, 0.4) is 0 Å². The minimum atomic E-state index is -0.0312. The number of hydrogen-bond acceptors (Lipinski definition) is 4. The standard InChI is InChI=1S/C20H26ClN3O2/c1-14(2)24-12-15(10-22-24)11-23-8-4-5-16(13-23)20(25)18-9-17(21)6-7-19(18)26-3/h6-7,9-10,12,14,16H,4-5,8,11,13H2,1-3H3/t16-/m1/s1. The van der Waals surface area contributed by atoms with Gasteiger partial charge in [-0.25, -0.2) is 0 Å². The number of hydrogen-bond donors (Lipinski definition) is 0. The molecule has 0 aliphatic carbocycles. The lowest BCUT2D eigenvalue weighted by molar-refractivity contribution is 0.0808. The first-order valence-corrected chi connectivity index (χ1v) is 9.49. The molecule has 0 spiro atoms. The topological polar surface area (TPSA) is 47.4 Å². The molecule has 0 saturated carbocycles. The number of Topliss-reactive ketones (excluding diaryl/α,β-unsaturated/α-hetero) is 1. The fraction of sp³-hybridized carbons (Fsp3) is 0.500. The normalized spacial score (nSPS) is 18.3. The fourth-order valence-electron chi connectivity index (χ4n) is 3.51. The molecule has 1 aromatic carbocycles. The maximum atomic E-state index is 13.0. The smallest absolute Gasteiger partial charge is 0.170 e. The van der Waals surface area contributed by atoms with Gasteiger partial charge >= 0.3 is 0 Å². The van der Waals surface area contributed by atoms with Gasteiger partial charge in [-0.15, -0.1) is 0 Å². The van der Waals surface area contributed by atoms with E-state index in [1.54, 1.807) is 25.3 Å². The monoisotopic (exact) mass is 375 g/mol. The maximum Gasteiger partial charge on any atom is 0.170 e. The number of halogens is 1. The quantitative estimate of drug-likeness (QED) is 0.709. The SMILES string of the molecule is COc1ccc(Cl)cc1C(=O)[C@@H]1CCCN(Cc2cnn(C(C)C)c2)C1. The number of ether oxygens (including phenoxy) is 1. The van der Waals surface area contributed by atoms with Crippen LogP contribution >= 0.6 is 11.6 Å². The Morgan fingerprint density at radius 2 is 2.23 bits per heavy atom. The Labute approximate surface area is 159 Å². The largest absolute Gasteiger partial charge is 0.496 e. The van der Waals surface area contributed by atoms with E-state index < -0.39 is 0 Å². The molecule has 2 aromatic rings. The van der Waals surface area contributed by atoms with Gasteiger partial charge in [0.25, 0.3) is 0 Å². The molecule has 0 unspecified atom stereocenters. The van der Waals surface area contributed by atoms with Crippen LogP contribution in [0.25, 0.3) is 0 Å². The summed E-state index contributed by atoms with van der Waals surface area (Å²) in [5, 5.41) is 4.97. The van der Waals surface area contributed by atoms with E-state index in [0.29, 0.717) is 22.4 Å². The number of aromatic nitrogens is 2. The number of rotatable bonds is 6. The van der Waals surface area contributed by atoms with E-state index in [9.17, 15) is 4.79 Å². The van der Waals surface area contributed by atoms with E-state index >= 15 is 0 Å². The van der Waals surface area contributed by atoms with Crippen molar-refractivity contribution in [1.82, 2.24) is 14.7 Å². The molecule has 0 amide bonds. The van der Waals surface area contributed by atoms with Crippen LogP contribution in [-0.4, -0.2) is 40.7 Å². The number of piperidine rings is 1. The number of benzene rings is 1. The van der Waals surface area contributed by atoms with E-state index in [1.165, 1.54) is 5.56 Å². The summed E-state index contributed by atoms with van der Waals surface area (Å²) in [5.41, 5.74) is 1.77. The first-order chi connectivity index (χ1) is 12.5. The molecule has 1 aliphatic heterocycles. The summed E-state index contributed by atoms with van der Waals surface area (Å²) < 4.78 is 7.33. The summed E-state index contributed by atoms with van der Waals surface area (Å²) in [7, 11) is 1.58. The molecule has 1 aliphatic rings. The molecule has 6 heteroatoms. The lowest BCUT2D eigenvalue weighted by Gasteiger charge is -2.31. The van der Waals surface area contributed by atoms with Gasteiger partial charge in [-0.1, -0.05) is 11.6 Å². The first kappa shape index (κ1) is 18.9. The highest BCUT2D eigenvalue weighted by atomic mass is 35.5. The Kier molecular flexibility index (Phi) is 5.99. The molecule has 2 heterocycles. The van der Waals surface area contributed by atoms with Crippen LogP contribution in [0.2, 0.25) is 5.02 Å². The van der Waals surface area contributed by atoms with Crippen molar-refractivity contribution >= 4 is 17.4 Å². The van der Waals surface area contributed by atoms with E-state index in [4.69, 9.17) is 16.3 Å². The molecule has 0 bridgehead atoms. The van der Waals surface area contributed by atoms with Crippen LogP contribution in [0, 0.1) is 5.92 Å². The molecule has 1 fully saturated rings. The molecule has 1 atom stereocenters. The third-order valence-electron chi connectivity index (χ3n) is 4.89. The van der Waals surface area contributed by atoms with Crippen molar-refractivity contribution in [2.75, 3.05) is 20.2 Å². The highest BCUT2D eigenvalue weighted by molar-refractivity contribution is 6.31. The van der Waals surface area contributed by atoms with Crippen LogP contribution in [-0.2, 0) is 6.54 Å². The number of nitrogens with zero attached hydrogens (tertiary/aromatic N) is 3. The van der Waals surface area contributed by atoms with Crippen molar-refractivity contribution in [2.24, 2.45) is 5.92 Å². The second-order valence-corrected chi connectivity index (χ2v) is 7.64. The van der Waals surface area contributed by atoms with Gasteiger partial charge < -0.3 is 4.74 Å². The summed E-state index contributed by atoms with van der Waals surface area (Å²) in [5.74, 6) is 0.679. The molecule has 140 valence electrons. The number of ketones is 1. The molecule has 26 heavy (non-hydrogen) atoms. The molecule has 0 radical (unpaired) electrons. The van der Waals surface area contributed by atoms with Crippen LogP contribution < -0.4 is 4.74 Å². The van der Waals surface area contributed by atoms with Crippen molar-refractivity contribution in [3.63, 3.8) is 0 Å². The van der Waals surface area contributed by atoms with Crippen molar-refractivity contribution < 1.29 is 9.53 Å². The number of methoxy groups -OCH3 is 1. The van der Waals surface area contributed by atoms with Gasteiger partial charge in [0.15, 0.2) is 5.78 Å². The van der Waals surface area contributed by atoms with Gasteiger partial charge in [0, 0.05) is 41.8 Å². The number of carbonyl (C=O) groups is 1. The Morgan fingerprint density at radius 1 is 1.42 bits per heavy atom. The predicted molar refractivity (Wildman–Crippen MR) is 103 cm³/mol. The van der Waals surface area contributed by atoms with Crippen molar-refractivity contribution in [2.45, 2.75) is 39.3 Å². The van der Waals surface area contributed by atoms with Crippen LogP contribution in [0.4, 0.5) is 0 Å². The van der Waals surface area contributed by atoms with E-state index in [0.717, 1.165) is 32.5 Å². The second-order valence-electron chi connectivity index (χ2n) is 7.21. The lowest BCUT2D eigenvalue weighted by Crippen LogP contribution is -2.38. The van der Waals surface area contributed by atoms with Gasteiger partial charge in [-0.2, -0.15) is 5.10 Å². The molecule has 1 aromatic heterocycles. The van der Waals surface area contributed by atoms with Gasteiger partial charge in [0.05, 0.1) is 18.9 Å². The Bertz CT molecular complexity index is 772. The zero-order valence-electron chi connectivity index (χ0n) is 15.6. The molecular weight excluding hydrogens is 350 g/mol. The van der Waals surface area contributed by atoms with E-state index in [2.05, 4.69) is 30.0 Å². The van der Waals surface area contributed by atoms with Crippen LogP contribution in [0.1, 0.15) is 48.7 Å². The zero-order valence-corrected chi connectivity index (χ0v) is 16.4. The Morgan fingerprint density at radius 3 is 2.92 bits per heavy atom. The third kappa shape index (κ3) is 4.27. The van der Waals surface area contributed by atoms with Gasteiger partial charge in [0.1, 0.15) is 5.75 Å². The summed E-state index contributed by atoms with van der Waals surface area (Å²) in [6, 6.07) is 5.58. The highest BCUT2D eigenvalue weighted by Gasteiger charge is 2.28. The minimum Gasteiger partial charge on any atom is -0.496 e. The molecule has 1 saturated heterocycles. The summed E-state index contributed by atoms with van der Waals surface area (Å²) in [6.45, 7) is 6.81. The van der Waals surface area contributed by atoms with E-state index in [-0.39, 0.29) is 11.7 Å². The summed E-state index contributed by atoms with van der Waals surface area (Å²) in [4.78, 5) is 15.4. The minimum absolute atomic E-state index is 0.0312.